The molecule has 2 aromatic rings. The van der Waals surface area contributed by atoms with Crippen LogP contribution < -0.4 is 10.6 Å². The minimum atomic E-state index is -0.131. The predicted octanol–water partition coefficient (Wildman–Crippen LogP) is 2.50. The first-order valence-corrected chi connectivity index (χ1v) is 6.43. The van der Waals surface area contributed by atoms with Crippen molar-refractivity contribution in [1.82, 2.24) is 0 Å². The molecule has 2 heterocycles. The van der Waals surface area contributed by atoms with Crippen LogP contribution >= 0.6 is 11.3 Å². The molecule has 0 atom stereocenters. The van der Waals surface area contributed by atoms with Crippen LogP contribution in [0.25, 0.3) is 0 Å². The highest BCUT2D eigenvalue weighted by Gasteiger charge is 2.18. The summed E-state index contributed by atoms with van der Waals surface area (Å²) in [4.78, 5) is 23.1. The smallest absolute Gasteiger partial charge is 0.256 e. The number of carbonyl (C=O) groups is 2. The van der Waals surface area contributed by atoms with Crippen LogP contribution in [0.15, 0.2) is 35.0 Å². The van der Waals surface area contributed by atoms with Crippen LogP contribution in [0, 0.1) is 0 Å². The van der Waals surface area contributed by atoms with Gasteiger partial charge >= 0.3 is 0 Å². The summed E-state index contributed by atoms with van der Waals surface area (Å²) >= 11 is 1.48. The zero-order valence-electron chi connectivity index (χ0n) is 9.40. The lowest BCUT2D eigenvalue weighted by Gasteiger charge is -2.05. The van der Waals surface area contributed by atoms with Crippen molar-refractivity contribution < 1.29 is 9.59 Å². The first-order chi connectivity index (χ1) is 8.72. The predicted molar refractivity (Wildman–Crippen MR) is 71.0 cm³/mol. The maximum atomic E-state index is 11.9. The number of hydrogen-bond donors (Lipinski definition) is 2. The molecule has 3 rings (SSSR count). The van der Waals surface area contributed by atoms with Crippen molar-refractivity contribution in [1.29, 1.82) is 0 Å². The number of fused-ring (bicyclic) bond motifs is 1. The highest BCUT2D eigenvalue weighted by atomic mass is 32.1. The van der Waals surface area contributed by atoms with Gasteiger partial charge in [-0.3, -0.25) is 9.59 Å². The third-order valence-electron chi connectivity index (χ3n) is 2.77. The number of nitrogens with one attached hydrogen (secondary N) is 2. The van der Waals surface area contributed by atoms with Gasteiger partial charge in [-0.25, -0.2) is 0 Å². The summed E-state index contributed by atoms with van der Waals surface area (Å²) in [5, 5.41) is 9.23. The number of benzene rings is 1. The number of rotatable bonds is 2. The molecule has 0 aliphatic carbocycles. The Morgan fingerprint density at radius 1 is 1.33 bits per heavy atom. The van der Waals surface area contributed by atoms with E-state index in [1.165, 1.54) is 11.3 Å². The quantitative estimate of drug-likeness (QED) is 0.869. The SMILES string of the molecule is O=C1Cc2cc(NC(=O)c3ccsc3)ccc2N1. The number of thiophene rings is 1. The molecule has 1 aliphatic rings. The fourth-order valence-electron chi connectivity index (χ4n) is 1.90. The maximum Gasteiger partial charge on any atom is 0.256 e. The van der Waals surface area contributed by atoms with Crippen LogP contribution in [-0.2, 0) is 11.2 Å². The average molecular weight is 258 g/mol. The topological polar surface area (TPSA) is 58.2 Å². The van der Waals surface area contributed by atoms with E-state index < -0.39 is 0 Å². The Labute approximate surface area is 108 Å². The standard InChI is InChI=1S/C13H10N2O2S/c16-12-6-9-5-10(1-2-11(9)15-12)14-13(17)8-3-4-18-7-8/h1-5,7H,6H2,(H,14,17)(H,15,16). The highest BCUT2D eigenvalue weighted by molar-refractivity contribution is 7.08. The summed E-state index contributed by atoms with van der Waals surface area (Å²) in [6.45, 7) is 0. The van der Waals surface area contributed by atoms with Gasteiger partial charge < -0.3 is 10.6 Å². The average Bonchev–Trinajstić information content (AvgIpc) is 2.95. The monoisotopic (exact) mass is 258 g/mol. The summed E-state index contributed by atoms with van der Waals surface area (Å²) in [6.07, 6.45) is 0.373. The van der Waals surface area contributed by atoms with E-state index in [0.29, 0.717) is 17.7 Å². The number of carbonyl (C=O) groups excluding carboxylic acids is 2. The van der Waals surface area contributed by atoms with Crippen molar-refractivity contribution in [2.75, 3.05) is 10.6 Å². The van der Waals surface area contributed by atoms with Crippen molar-refractivity contribution in [2.24, 2.45) is 0 Å². The van der Waals surface area contributed by atoms with Crippen LogP contribution in [0.3, 0.4) is 0 Å². The first-order valence-electron chi connectivity index (χ1n) is 5.49. The second kappa shape index (κ2) is 4.27. The Kier molecular flexibility index (Phi) is 2.60. The van der Waals surface area contributed by atoms with E-state index in [1.54, 1.807) is 17.5 Å². The lowest BCUT2D eigenvalue weighted by molar-refractivity contribution is -0.115. The number of anilines is 2. The van der Waals surface area contributed by atoms with Gasteiger partial charge in [-0.1, -0.05) is 0 Å². The lowest BCUT2D eigenvalue weighted by atomic mass is 10.1. The molecular formula is C13H10N2O2S. The largest absolute Gasteiger partial charge is 0.326 e. The third-order valence-corrected chi connectivity index (χ3v) is 3.45. The second-order valence-corrected chi connectivity index (χ2v) is 4.84. The lowest BCUT2D eigenvalue weighted by Crippen LogP contribution is -2.10. The molecular weight excluding hydrogens is 248 g/mol. The summed E-state index contributed by atoms with van der Waals surface area (Å²) in [5.74, 6) is -0.139. The van der Waals surface area contributed by atoms with E-state index in [-0.39, 0.29) is 11.8 Å². The van der Waals surface area contributed by atoms with Gasteiger partial charge in [-0.2, -0.15) is 11.3 Å². The van der Waals surface area contributed by atoms with Crippen molar-refractivity contribution in [2.45, 2.75) is 6.42 Å². The molecule has 1 aromatic heterocycles. The molecule has 4 nitrogen and oxygen atoms in total. The van der Waals surface area contributed by atoms with Gasteiger partial charge in [0, 0.05) is 16.8 Å². The summed E-state index contributed by atoms with van der Waals surface area (Å²) in [6, 6.07) is 7.20. The molecule has 0 radical (unpaired) electrons. The van der Waals surface area contributed by atoms with E-state index >= 15 is 0 Å². The van der Waals surface area contributed by atoms with Gasteiger partial charge in [0.2, 0.25) is 5.91 Å². The van der Waals surface area contributed by atoms with Crippen LogP contribution in [0.4, 0.5) is 11.4 Å². The highest BCUT2D eigenvalue weighted by Crippen LogP contribution is 2.26. The van der Waals surface area contributed by atoms with E-state index in [4.69, 9.17) is 0 Å². The van der Waals surface area contributed by atoms with Crippen LogP contribution in [0.5, 0.6) is 0 Å². The molecule has 0 fully saturated rings. The van der Waals surface area contributed by atoms with Crippen molar-refractivity contribution >= 4 is 34.5 Å². The minimum absolute atomic E-state index is 0.00805. The fraction of sp³-hybridized carbons (Fsp3) is 0.0769. The molecule has 0 spiro atoms. The van der Waals surface area contributed by atoms with Gasteiger partial charge in [0.1, 0.15) is 0 Å². The van der Waals surface area contributed by atoms with Crippen LogP contribution in [0.2, 0.25) is 0 Å². The maximum absolute atomic E-state index is 11.9. The van der Waals surface area contributed by atoms with Crippen molar-refractivity contribution in [3.8, 4) is 0 Å². The van der Waals surface area contributed by atoms with Gasteiger partial charge in [-0.15, -0.1) is 0 Å². The van der Waals surface area contributed by atoms with Gasteiger partial charge in [0.25, 0.3) is 5.91 Å². The van der Waals surface area contributed by atoms with E-state index in [0.717, 1.165) is 11.3 Å². The molecule has 0 saturated carbocycles. The third kappa shape index (κ3) is 2.00. The van der Waals surface area contributed by atoms with Crippen LogP contribution in [0.1, 0.15) is 15.9 Å². The molecule has 18 heavy (non-hydrogen) atoms. The Balaban J connectivity index is 1.80. The zero-order chi connectivity index (χ0) is 12.5. The number of hydrogen-bond acceptors (Lipinski definition) is 3. The molecule has 2 N–H and O–H groups in total. The molecule has 2 amide bonds. The van der Waals surface area contributed by atoms with E-state index in [2.05, 4.69) is 10.6 Å². The van der Waals surface area contributed by atoms with Gasteiger partial charge in [0.15, 0.2) is 0 Å². The van der Waals surface area contributed by atoms with Crippen molar-refractivity contribution in [3.05, 3.63) is 46.2 Å². The van der Waals surface area contributed by atoms with Gasteiger partial charge in [0.05, 0.1) is 12.0 Å². The first kappa shape index (κ1) is 11.0. The molecule has 0 bridgehead atoms. The normalized spacial score (nSPS) is 13.0. The number of amides is 2. The molecule has 0 unspecified atom stereocenters. The van der Waals surface area contributed by atoms with E-state index in [1.807, 2.05) is 17.5 Å². The summed E-state index contributed by atoms with van der Waals surface area (Å²) < 4.78 is 0. The Bertz CT molecular complexity index is 620. The van der Waals surface area contributed by atoms with E-state index in [9.17, 15) is 9.59 Å². The van der Waals surface area contributed by atoms with Crippen molar-refractivity contribution in [3.63, 3.8) is 0 Å². The Hall–Kier alpha value is -2.14. The van der Waals surface area contributed by atoms with Crippen LogP contribution in [-0.4, -0.2) is 11.8 Å². The molecule has 1 aromatic carbocycles. The summed E-state index contributed by atoms with van der Waals surface area (Å²) in [7, 11) is 0. The zero-order valence-corrected chi connectivity index (χ0v) is 10.2. The summed E-state index contributed by atoms with van der Waals surface area (Å²) in [5.41, 5.74) is 3.10. The molecule has 5 heteroatoms. The fourth-order valence-corrected chi connectivity index (χ4v) is 2.54. The Morgan fingerprint density at radius 2 is 2.22 bits per heavy atom. The second-order valence-electron chi connectivity index (χ2n) is 4.06. The molecule has 90 valence electrons. The Morgan fingerprint density at radius 3 is 3.00 bits per heavy atom. The minimum Gasteiger partial charge on any atom is -0.326 e. The molecule has 1 aliphatic heterocycles. The van der Waals surface area contributed by atoms with Gasteiger partial charge in [-0.05, 0) is 35.2 Å². The molecule has 0 saturated heterocycles.